The lowest BCUT2D eigenvalue weighted by Gasteiger charge is -2.53. The van der Waals surface area contributed by atoms with Crippen LogP contribution in [-0.2, 0) is 32.9 Å². The van der Waals surface area contributed by atoms with Crippen LogP contribution < -0.4 is 40.3 Å². The van der Waals surface area contributed by atoms with Gasteiger partial charge in [-0.1, -0.05) is 146 Å². The predicted octanol–water partition coefficient (Wildman–Crippen LogP) is 13.8. The molecule has 1 fully saturated rings. The topological polar surface area (TPSA) is 86.8 Å². The van der Waals surface area contributed by atoms with Crippen molar-refractivity contribution in [3.63, 3.8) is 0 Å². The molecule has 0 amide bonds. The van der Waals surface area contributed by atoms with Gasteiger partial charge in [0.1, 0.15) is 0 Å². The first-order valence-electron chi connectivity index (χ1n) is 30.3. The summed E-state index contributed by atoms with van der Waals surface area (Å²) in [5.74, 6) is 0. The van der Waals surface area contributed by atoms with Gasteiger partial charge in [-0.15, -0.1) is 0 Å². The van der Waals surface area contributed by atoms with E-state index in [1.807, 2.05) is 0 Å². The van der Waals surface area contributed by atoms with Gasteiger partial charge in [-0.2, -0.15) is 0 Å². The van der Waals surface area contributed by atoms with E-state index in [1.54, 1.807) is 0 Å². The molecule has 9 rings (SSSR count). The van der Waals surface area contributed by atoms with Crippen LogP contribution in [0, 0.1) is 0 Å². The maximum atomic E-state index is 8.50. The number of anilines is 4. The molecule has 1 heterocycles. The lowest BCUT2D eigenvalue weighted by Crippen LogP contribution is -2.84. The molecule has 0 saturated carbocycles. The average Bonchev–Trinajstić information content (AvgIpc) is 0.751. The molecule has 0 aromatic heterocycles. The highest BCUT2D eigenvalue weighted by Crippen LogP contribution is 2.40. The lowest BCUT2D eigenvalue weighted by atomic mass is 10.1. The van der Waals surface area contributed by atoms with Gasteiger partial charge in [-0.3, -0.25) is 0 Å². The van der Waals surface area contributed by atoms with Crippen molar-refractivity contribution in [2.75, 3.05) is 76.0 Å². The molecule has 0 spiro atoms. The second-order valence-corrected chi connectivity index (χ2v) is 57.8. The van der Waals surface area contributed by atoms with E-state index in [9.17, 15) is 0 Å². The van der Waals surface area contributed by atoms with Crippen LogP contribution in [0.1, 0.15) is 0 Å². The van der Waals surface area contributed by atoms with Gasteiger partial charge in [0, 0.05) is 99.9 Å². The minimum absolute atomic E-state index is 0.739. The van der Waals surface area contributed by atoms with Crippen LogP contribution in [0.15, 0.2) is 194 Å². The van der Waals surface area contributed by atoms with Gasteiger partial charge in [0.25, 0.3) is 0 Å². The Morgan fingerprint density at radius 2 is 0.341 bits per heavy atom. The SMILES string of the molecule is CN(C)c1ccc(-c2ccc([Si]3(O[Si](C)(C)C)O[Si](O[Si](C)(C)C)(c4ccc(-c5ccc(N(C)C)cc5)cc4)O[Si](O[Si](C)(C)C)(c4ccc(-c5ccc(N(C)C)cc5)cc4)O[Si](O[Si](C)(C)C)(c4ccc(-c5ccc(N(C)C)cc5)cc4)O3)cc2)cc1. The molecular formula is C68H92N4O8Si8. The van der Waals surface area contributed by atoms with Crippen LogP contribution in [0.5, 0.6) is 0 Å². The molecular weight excluding hydrogens is 1230 g/mol. The summed E-state index contributed by atoms with van der Waals surface area (Å²) >= 11 is 0. The van der Waals surface area contributed by atoms with Gasteiger partial charge in [0.15, 0.2) is 33.3 Å². The van der Waals surface area contributed by atoms with Gasteiger partial charge < -0.3 is 52.5 Å². The zero-order chi connectivity index (χ0) is 63.8. The van der Waals surface area contributed by atoms with Crippen LogP contribution in [-0.4, -0.2) is 125 Å². The first-order valence-corrected chi connectivity index (χ1v) is 50.8. The number of benzene rings is 8. The predicted molar refractivity (Wildman–Crippen MR) is 388 cm³/mol. The number of rotatable bonds is 20. The maximum Gasteiger partial charge on any atom is 0.512 e. The molecule has 1 aliphatic rings. The Balaban J connectivity index is 1.38. The average molecular weight is 1320 g/mol. The van der Waals surface area contributed by atoms with Crippen molar-refractivity contribution in [2.24, 2.45) is 0 Å². The van der Waals surface area contributed by atoms with Crippen molar-refractivity contribution in [1.82, 2.24) is 0 Å². The summed E-state index contributed by atoms with van der Waals surface area (Å²) in [6.45, 7) is 26.3. The first kappa shape index (κ1) is 66.8. The normalized spacial score (nSPS) is 20.2. The van der Waals surface area contributed by atoms with Gasteiger partial charge in [-0.25, -0.2) is 0 Å². The molecule has 0 unspecified atom stereocenters. The van der Waals surface area contributed by atoms with Gasteiger partial charge in [0.05, 0.1) is 0 Å². The van der Waals surface area contributed by atoms with Crippen LogP contribution in [0.4, 0.5) is 22.7 Å². The summed E-state index contributed by atoms with van der Waals surface area (Å²) < 4.78 is 65.8. The Morgan fingerprint density at radius 3 is 0.455 bits per heavy atom. The van der Waals surface area contributed by atoms with Gasteiger partial charge >= 0.3 is 35.2 Å². The summed E-state index contributed by atoms with van der Waals surface area (Å²) in [5.41, 5.74) is 12.9. The highest BCUT2D eigenvalue weighted by Gasteiger charge is 2.72. The molecule has 0 bridgehead atoms. The van der Waals surface area contributed by atoms with Crippen LogP contribution in [0.2, 0.25) is 78.6 Å². The van der Waals surface area contributed by atoms with E-state index < -0.39 is 68.5 Å². The molecule has 0 radical (unpaired) electrons. The van der Waals surface area contributed by atoms with Crippen molar-refractivity contribution < 1.29 is 32.9 Å². The Labute approximate surface area is 534 Å². The Hall–Kier alpha value is -5.62. The molecule has 464 valence electrons. The summed E-state index contributed by atoms with van der Waals surface area (Å²) in [7, 11) is -12.8. The quantitative estimate of drug-likeness (QED) is 0.0681. The Morgan fingerprint density at radius 1 is 0.216 bits per heavy atom. The second kappa shape index (κ2) is 25.9. The van der Waals surface area contributed by atoms with Crippen molar-refractivity contribution in [1.29, 1.82) is 0 Å². The van der Waals surface area contributed by atoms with E-state index in [4.69, 9.17) is 32.9 Å². The summed E-state index contributed by atoms with van der Waals surface area (Å²) in [4.78, 5) is 8.44. The Bertz CT molecular complexity index is 3120. The molecule has 0 atom stereocenters. The molecule has 8 aromatic rings. The smallest absolute Gasteiger partial charge is 0.413 e. The van der Waals surface area contributed by atoms with Gasteiger partial charge in [0.2, 0.25) is 0 Å². The Kier molecular flexibility index (Phi) is 19.7. The van der Waals surface area contributed by atoms with E-state index in [-0.39, 0.29) is 0 Å². The number of hydrogen-bond acceptors (Lipinski definition) is 12. The number of nitrogens with zero attached hydrogens (tertiary/aromatic N) is 4. The fraction of sp³-hybridized carbons (Fsp3) is 0.294. The molecule has 0 N–H and O–H groups in total. The van der Waals surface area contributed by atoms with E-state index in [1.165, 1.54) is 0 Å². The lowest BCUT2D eigenvalue weighted by molar-refractivity contribution is 0.104. The monoisotopic (exact) mass is 1320 g/mol. The summed E-state index contributed by atoms with van der Waals surface area (Å²) in [5, 5.41) is 2.96. The summed E-state index contributed by atoms with van der Waals surface area (Å²) in [6.07, 6.45) is 0. The number of hydrogen-bond donors (Lipinski definition) is 0. The molecule has 1 saturated heterocycles. The van der Waals surface area contributed by atoms with Crippen molar-refractivity contribution in [2.45, 2.75) is 78.6 Å². The van der Waals surface area contributed by atoms with E-state index in [0.717, 1.165) is 88.0 Å². The van der Waals surface area contributed by atoms with E-state index in [0.29, 0.717) is 0 Å². The fourth-order valence-electron chi connectivity index (χ4n) is 10.6. The standard InChI is InChI=1S/C68H92N4O8Si8/c1-69(2)61-37-21-53(22-38-61)57-29-45-65(46-30-57)85(73-81(9,10)11)77-86(74-82(12,13)14,66-47-31-58(32-48-66)54-23-39-62(40-24-54)70(3)4)79-88(76-84(18,19)20,68-51-35-60(36-52-68)56-27-43-64(44-28-56)72(7)8)80-87(78-85,75-83(15,16)17)67-49-33-59(34-50-67)55-25-41-63(42-26-55)71(5)6/h21-52H,1-20H3. The molecule has 1 aliphatic heterocycles. The molecule has 8 aromatic carbocycles. The molecule has 20 heteroatoms. The minimum Gasteiger partial charge on any atom is -0.413 e. The largest absolute Gasteiger partial charge is 0.512 e. The van der Waals surface area contributed by atoms with Crippen LogP contribution >= 0.6 is 0 Å². The molecule has 0 aliphatic carbocycles. The third-order valence-corrected chi connectivity index (χ3v) is 41.5. The highest BCUT2D eigenvalue weighted by molar-refractivity contribution is 7.06. The maximum absolute atomic E-state index is 8.50. The van der Waals surface area contributed by atoms with Crippen LogP contribution in [0.25, 0.3) is 44.5 Å². The molecule has 12 nitrogen and oxygen atoms in total. The van der Waals surface area contributed by atoms with Crippen molar-refractivity contribution >= 4 is 112 Å². The summed E-state index contributed by atoms with van der Waals surface area (Å²) in [6, 6.07) is 68.7. The van der Waals surface area contributed by atoms with Gasteiger partial charge in [-0.05, 0) is 172 Å². The fourth-order valence-corrected chi connectivity index (χ4v) is 43.6. The van der Waals surface area contributed by atoms with E-state index in [2.05, 4.69) is 349 Å². The molecule has 88 heavy (non-hydrogen) atoms. The highest BCUT2D eigenvalue weighted by atomic mass is 28.6. The van der Waals surface area contributed by atoms with E-state index >= 15 is 0 Å². The zero-order valence-corrected chi connectivity index (χ0v) is 63.5. The van der Waals surface area contributed by atoms with Crippen molar-refractivity contribution in [3.05, 3.63) is 194 Å². The first-order chi connectivity index (χ1) is 41.2. The second-order valence-electron chi connectivity index (χ2n) is 27.6. The minimum atomic E-state index is -4.55. The van der Waals surface area contributed by atoms with Crippen LogP contribution in [0.3, 0.4) is 0 Å². The third kappa shape index (κ3) is 15.9. The zero-order valence-electron chi connectivity index (χ0n) is 55.5. The van der Waals surface area contributed by atoms with Crippen molar-refractivity contribution in [3.8, 4) is 44.5 Å². The third-order valence-electron chi connectivity index (χ3n) is 14.7.